The van der Waals surface area contributed by atoms with Crippen molar-refractivity contribution in [2.24, 2.45) is 0 Å². The van der Waals surface area contributed by atoms with Crippen LogP contribution in [0.5, 0.6) is 0 Å². The average Bonchev–Trinajstić information content (AvgIpc) is 3.18. The first-order valence-corrected chi connectivity index (χ1v) is 12.9. The summed E-state index contributed by atoms with van der Waals surface area (Å²) in [6.07, 6.45) is 10.2. The predicted octanol–water partition coefficient (Wildman–Crippen LogP) is 4.82. The zero-order valence-corrected chi connectivity index (χ0v) is 20.4. The zero-order valence-electron chi connectivity index (χ0n) is 20.4. The van der Waals surface area contributed by atoms with E-state index in [1.54, 1.807) is 24.3 Å². The minimum atomic E-state index is -0.186. The minimum absolute atomic E-state index is 0.0609. The lowest BCUT2D eigenvalue weighted by molar-refractivity contribution is -0.114. The highest BCUT2D eigenvalue weighted by molar-refractivity contribution is 5.97. The Kier molecular flexibility index (Phi) is 8.76. The van der Waals surface area contributed by atoms with Gasteiger partial charge in [-0.3, -0.25) is 14.4 Å². The fourth-order valence-electron chi connectivity index (χ4n) is 4.80. The molecule has 0 unspecified atom stereocenters. The molecule has 35 heavy (non-hydrogen) atoms. The molecule has 7 nitrogen and oxygen atoms in total. The van der Waals surface area contributed by atoms with Crippen LogP contribution < -0.4 is 16.0 Å². The molecule has 0 aromatic heterocycles. The van der Waals surface area contributed by atoms with Crippen molar-refractivity contribution in [2.45, 2.75) is 63.8 Å². The molecule has 1 heterocycles. The van der Waals surface area contributed by atoms with Crippen LogP contribution in [0, 0.1) is 0 Å². The molecule has 0 atom stereocenters. The summed E-state index contributed by atoms with van der Waals surface area (Å²) in [4.78, 5) is 39.5. The maximum Gasteiger partial charge on any atom is 0.253 e. The quantitative estimate of drug-likeness (QED) is 0.535. The maximum absolute atomic E-state index is 12.7. The van der Waals surface area contributed by atoms with Gasteiger partial charge in [0.25, 0.3) is 11.8 Å². The number of rotatable bonds is 7. The van der Waals surface area contributed by atoms with E-state index in [9.17, 15) is 14.4 Å². The molecule has 0 bridgehead atoms. The smallest absolute Gasteiger partial charge is 0.253 e. The second-order valence-electron chi connectivity index (χ2n) is 9.57. The number of benzene rings is 2. The van der Waals surface area contributed by atoms with E-state index in [0.29, 0.717) is 16.8 Å². The Hall–Kier alpha value is -3.35. The molecule has 0 spiro atoms. The van der Waals surface area contributed by atoms with Gasteiger partial charge in [0.15, 0.2) is 0 Å². The Morgan fingerprint density at radius 1 is 0.714 bits per heavy atom. The summed E-state index contributed by atoms with van der Waals surface area (Å²) in [7, 11) is 0. The molecule has 3 N–H and O–H groups in total. The third-order valence-electron chi connectivity index (χ3n) is 6.85. The zero-order chi connectivity index (χ0) is 24.5. The average molecular weight is 477 g/mol. The van der Waals surface area contributed by atoms with Gasteiger partial charge in [-0.1, -0.05) is 32.1 Å². The molecule has 3 amide bonds. The van der Waals surface area contributed by atoms with Crippen LogP contribution in [0.1, 0.15) is 78.5 Å². The van der Waals surface area contributed by atoms with Gasteiger partial charge in [-0.2, -0.15) is 0 Å². The standard InChI is InChI=1S/C28H36N4O3/c33-26(30-25-16-10-21(11-17-25)27(34)31-24-8-4-3-5-9-24)20-29-23-14-12-22(13-15-23)28(35)32-18-6-1-2-7-19-32/h10-17,24,29H,1-9,18-20H2,(H,30,33)(H,31,34). The van der Waals surface area contributed by atoms with Crippen LogP contribution in [0.15, 0.2) is 48.5 Å². The molecule has 1 saturated carbocycles. The first-order chi connectivity index (χ1) is 17.1. The van der Waals surface area contributed by atoms with Gasteiger partial charge in [0, 0.05) is 41.6 Å². The molecule has 2 aromatic carbocycles. The van der Waals surface area contributed by atoms with Gasteiger partial charge in [-0.05, 0) is 74.2 Å². The molecule has 2 aliphatic rings. The Morgan fingerprint density at radius 3 is 1.94 bits per heavy atom. The molecule has 2 aromatic rings. The number of carbonyl (C=O) groups excluding carboxylic acids is 3. The van der Waals surface area contributed by atoms with Gasteiger partial charge < -0.3 is 20.9 Å². The normalized spacial score (nSPS) is 16.7. The number of hydrogen-bond acceptors (Lipinski definition) is 4. The first-order valence-electron chi connectivity index (χ1n) is 12.9. The van der Waals surface area contributed by atoms with Crippen molar-refractivity contribution < 1.29 is 14.4 Å². The van der Waals surface area contributed by atoms with E-state index in [-0.39, 0.29) is 30.3 Å². The Balaban J connectivity index is 1.22. The van der Waals surface area contributed by atoms with Gasteiger partial charge in [0.1, 0.15) is 0 Å². The number of nitrogens with zero attached hydrogens (tertiary/aromatic N) is 1. The lowest BCUT2D eigenvalue weighted by Gasteiger charge is -2.22. The van der Waals surface area contributed by atoms with Crippen LogP contribution >= 0.6 is 0 Å². The Bertz CT molecular complexity index is 990. The predicted molar refractivity (Wildman–Crippen MR) is 139 cm³/mol. The van der Waals surface area contributed by atoms with E-state index >= 15 is 0 Å². The third-order valence-corrected chi connectivity index (χ3v) is 6.85. The Morgan fingerprint density at radius 2 is 1.29 bits per heavy atom. The van der Waals surface area contributed by atoms with Crippen LogP contribution in [0.2, 0.25) is 0 Å². The largest absolute Gasteiger partial charge is 0.376 e. The van der Waals surface area contributed by atoms with Crippen LogP contribution in [0.25, 0.3) is 0 Å². The topological polar surface area (TPSA) is 90.5 Å². The first kappa shape index (κ1) is 24.8. The lowest BCUT2D eigenvalue weighted by Crippen LogP contribution is -2.36. The van der Waals surface area contributed by atoms with Crippen molar-refractivity contribution in [2.75, 3.05) is 30.3 Å². The second kappa shape index (κ2) is 12.4. The van der Waals surface area contributed by atoms with Crippen molar-refractivity contribution in [1.29, 1.82) is 0 Å². The molecular weight excluding hydrogens is 440 g/mol. The fraction of sp³-hybridized carbons (Fsp3) is 0.464. The number of anilines is 2. The van der Waals surface area contributed by atoms with Crippen LogP contribution in [-0.4, -0.2) is 48.3 Å². The van der Waals surface area contributed by atoms with Gasteiger partial charge in [0.2, 0.25) is 5.91 Å². The van der Waals surface area contributed by atoms with E-state index < -0.39 is 0 Å². The summed E-state index contributed by atoms with van der Waals surface area (Å²) < 4.78 is 0. The lowest BCUT2D eigenvalue weighted by atomic mass is 9.95. The molecule has 1 aliphatic carbocycles. The molecule has 7 heteroatoms. The number of likely N-dealkylation sites (tertiary alicyclic amines) is 1. The molecule has 0 radical (unpaired) electrons. The number of nitrogens with one attached hydrogen (secondary N) is 3. The highest BCUT2D eigenvalue weighted by atomic mass is 16.2. The number of hydrogen-bond donors (Lipinski definition) is 3. The number of carbonyl (C=O) groups is 3. The molecule has 1 saturated heterocycles. The summed E-state index contributed by atoms with van der Waals surface area (Å²) in [5.41, 5.74) is 2.70. The van der Waals surface area contributed by atoms with E-state index in [1.165, 1.54) is 32.1 Å². The van der Waals surface area contributed by atoms with Gasteiger partial charge in [-0.15, -0.1) is 0 Å². The second-order valence-corrected chi connectivity index (χ2v) is 9.57. The summed E-state index contributed by atoms with van der Waals surface area (Å²) in [6.45, 7) is 1.75. The summed E-state index contributed by atoms with van der Waals surface area (Å²) in [6, 6.07) is 14.5. The summed E-state index contributed by atoms with van der Waals surface area (Å²) >= 11 is 0. The van der Waals surface area contributed by atoms with Crippen LogP contribution in [0.3, 0.4) is 0 Å². The van der Waals surface area contributed by atoms with Crippen molar-refractivity contribution in [1.82, 2.24) is 10.2 Å². The Labute approximate surface area is 207 Å². The monoisotopic (exact) mass is 476 g/mol. The highest BCUT2D eigenvalue weighted by Gasteiger charge is 2.18. The van der Waals surface area contributed by atoms with Crippen molar-refractivity contribution in [3.05, 3.63) is 59.7 Å². The van der Waals surface area contributed by atoms with Gasteiger partial charge in [0.05, 0.1) is 6.54 Å². The van der Waals surface area contributed by atoms with Gasteiger partial charge in [-0.25, -0.2) is 0 Å². The van der Waals surface area contributed by atoms with E-state index in [2.05, 4.69) is 16.0 Å². The molecule has 4 rings (SSSR count). The third kappa shape index (κ3) is 7.31. The van der Waals surface area contributed by atoms with Crippen molar-refractivity contribution in [3.8, 4) is 0 Å². The molecular formula is C28H36N4O3. The molecule has 2 fully saturated rings. The maximum atomic E-state index is 12.7. The fourth-order valence-corrected chi connectivity index (χ4v) is 4.80. The van der Waals surface area contributed by atoms with Crippen molar-refractivity contribution in [3.63, 3.8) is 0 Å². The summed E-state index contributed by atoms with van der Waals surface area (Å²) in [5.74, 6) is -0.171. The SMILES string of the molecule is O=C(CNc1ccc(C(=O)N2CCCCCC2)cc1)Nc1ccc(C(=O)NC2CCCCC2)cc1. The summed E-state index contributed by atoms with van der Waals surface area (Å²) in [5, 5.41) is 9.04. The van der Waals surface area contributed by atoms with Crippen LogP contribution in [0.4, 0.5) is 11.4 Å². The molecule has 1 aliphatic heterocycles. The number of amides is 3. The van der Waals surface area contributed by atoms with E-state index in [4.69, 9.17) is 0 Å². The van der Waals surface area contributed by atoms with Gasteiger partial charge >= 0.3 is 0 Å². The van der Waals surface area contributed by atoms with Crippen LogP contribution in [-0.2, 0) is 4.79 Å². The van der Waals surface area contributed by atoms with Crippen molar-refractivity contribution >= 4 is 29.1 Å². The minimum Gasteiger partial charge on any atom is -0.376 e. The van der Waals surface area contributed by atoms with E-state index in [0.717, 1.165) is 44.5 Å². The highest BCUT2D eigenvalue weighted by Crippen LogP contribution is 2.19. The molecule has 186 valence electrons. The van der Waals surface area contributed by atoms with E-state index in [1.807, 2.05) is 29.2 Å².